The number of β-lactam (4-membered cyclic amide) rings is 1. The van der Waals surface area contributed by atoms with Crippen molar-refractivity contribution in [3.63, 3.8) is 0 Å². The van der Waals surface area contributed by atoms with E-state index in [0.717, 1.165) is 5.56 Å². The summed E-state index contributed by atoms with van der Waals surface area (Å²) in [5.41, 5.74) is 7.07. The summed E-state index contributed by atoms with van der Waals surface area (Å²) in [5, 5.41) is 11.2. The van der Waals surface area contributed by atoms with Crippen LogP contribution in [0.4, 0.5) is 0 Å². The Morgan fingerprint density at radius 1 is 1.39 bits per heavy atom. The molecule has 0 bridgehead atoms. The lowest BCUT2D eigenvalue weighted by molar-refractivity contribution is -0.209. The third-order valence-corrected chi connectivity index (χ3v) is 4.86. The first-order valence-electron chi connectivity index (χ1n) is 9.03. The van der Waals surface area contributed by atoms with Crippen LogP contribution in [-0.4, -0.2) is 69.1 Å². The second-order valence-electron chi connectivity index (χ2n) is 7.17. The van der Waals surface area contributed by atoms with Crippen LogP contribution in [0.1, 0.15) is 26.3 Å². The van der Waals surface area contributed by atoms with E-state index in [-0.39, 0.29) is 19.8 Å². The van der Waals surface area contributed by atoms with E-state index >= 15 is 0 Å². The van der Waals surface area contributed by atoms with Crippen molar-refractivity contribution in [1.29, 1.82) is 0 Å². The van der Waals surface area contributed by atoms with Crippen LogP contribution in [0.15, 0.2) is 30.3 Å². The molecule has 0 radical (unpaired) electrons. The molecule has 2 aliphatic heterocycles. The number of carbonyl (C=O) groups excluding carboxylic acids is 2. The molecule has 0 aromatic heterocycles. The summed E-state index contributed by atoms with van der Waals surface area (Å²) in [6.45, 7) is 5.27. The highest BCUT2D eigenvalue weighted by molar-refractivity contribution is 6.43. The van der Waals surface area contributed by atoms with Crippen LogP contribution in [-0.2, 0) is 30.3 Å². The molecule has 9 heteroatoms. The molecular formula is C19H23N3O6. The van der Waals surface area contributed by atoms with Crippen LogP contribution in [0.3, 0.4) is 0 Å². The van der Waals surface area contributed by atoms with Gasteiger partial charge in [0.2, 0.25) is 0 Å². The lowest BCUT2D eigenvalue weighted by Gasteiger charge is -2.51. The smallest absolute Gasteiger partial charge is 0.420 e. The van der Waals surface area contributed by atoms with Gasteiger partial charge in [0.1, 0.15) is 12.1 Å². The Kier molecular flexibility index (Phi) is 5.36. The maximum atomic E-state index is 12.9. The van der Waals surface area contributed by atoms with E-state index in [2.05, 4.69) is 4.79 Å². The van der Waals surface area contributed by atoms with Gasteiger partial charge in [-0.3, -0.25) is 4.79 Å². The lowest BCUT2D eigenvalue weighted by Crippen LogP contribution is -2.81. The molecule has 0 spiro atoms. The van der Waals surface area contributed by atoms with E-state index in [0.29, 0.717) is 0 Å². The van der Waals surface area contributed by atoms with Gasteiger partial charge in [0.05, 0.1) is 13.2 Å². The third kappa shape index (κ3) is 3.33. The van der Waals surface area contributed by atoms with Gasteiger partial charge in [-0.15, -0.1) is 0 Å². The molecule has 1 aromatic rings. The van der Waals surface area contributed by atoms with Crippen molar-refractivity contribution < 1.29 is 33.7 Å². The number of carbonyl (C=O) groups is 2. The molecule has 1 amide bonds. The maximum absolute atomic E-state index is 12.9. The predicted molar refractivity (Wildman–Crippen MR) is 95.9 cm³/mol. The second kappa shape index (κ2) is 7.44. The first kappa shape index (κ1) is 20.2. The van der Waals surface area contributed by atoms with Crippen molar-refractivity contribution in [2.45, 2.75) is 50.8 Å². The number of rotatable bonds is 6. The van der Waals surface area contributed by atoms with Crippen molar-refractivity contribution in [1.82, 2.24) is 4.90 Å². The predicted octanol–water partition coefficient (Wildman–Crippen LogP) is 0.514. The largest absolute Gasteiger partial charge is 0.457 e. The van der Waals surface area contributed by atoms with Gasteiger partial charge in [0.25, 0.3) is 11.5 Å². The number of hydrogen-bond acceptors (Lipinski definition) is 6. The zero-order valence-corrected chi connectivity index (χ0v) is 16.0. The summed E-state index contributed by atoms with van der Waals surface area (Å²) in [5.74, 6) is -2.75. The lowest BCUT2D eigenvalue weighted by atomic mass is 9.75. The van der Waals surface area contributed by atoms with Gasteiger partial charge < -0.3 is 29.7 Å². The van der Waals surface area contributed by atoms with E-state index in [9.17, 15) is 20.2 Å². The zero-order valence-electron chi connectivity index (χ0n) is 16.0. The van der Waals surface area contributed by atoms with Crippen LogP contribution in [0.5, 0.6) is 0 Å². The van der Waals surface area contributed by atoms with Crippen LogP contribution >= 0.6 is 0 Å². The molecule has 0 aliphatic carbocycles. The molecule has 0 saturated carbocycles. The van der Waals surface area contributed by atoms with Crippen LogP contribution in [0, 0.1) is 0 Å². The van der Waals surface area contributed by atoms with Crippen LogP contribution in [0.2, 0.25) is 0 Å². The molecule has 2 aliphatic rings. The Hall–Kier alpha value is -2.58. The molecule has 1 unspecified atom stereocenters. The van der Waals surface area contributed by atoms with Crippen molar-refractivity contribution in [3.8, 4) is 0 Å². The molecule has 150 valence electrons. The molecule has 9 nitrogen and oxygen atoms in total. The Bertz CT molecular complexity index is 820. The highest BCUT2D eigenvalue weighted by Gasteiger charge is 2.73. The zero-order chi connectivity index (χ0) is 20.5. The topological polar surface area (TPSA) is 122 Å². The SMILES string of the molecule is CCOC(=O)C(=[N+]=[N-])[C@]1(O)C(=O)N(Cc2ccccc2)[C@H]1C1COC(C)(C)O1. The Morgan fingerprint density at radius 3 is 2.61 bits per heavy atom. The number of nitrogens with zero attached hydrogens (tertiary/aromatic N) is 3. The van der Waals surface area contributed by atoms with Gasteiger partial charge in [-0.2, -0.15) is 4.79 Å². The van der Waals surface area contributed by atoms with Gasteiger partial charge in [0, 0.05) is 6.54 Å². The minimum absolute atomic E-state index is 0.00338. The number of amides is 1. The third-order valence-electron chi connectivity index (χ3n) is 4.86. The van der Waals surface area contributed by atoms with Gasteiger partial charge in [-0.05, 0) is 26.3 Å². The average molecular weight is 389 g/mol. The quantitative estimate of drug-likeness (QED) is 0.249. The van der Waals surface area contributed by atoms with Crippen LogP contribution < -0.4 is 0 Å². The van der Waals surface area contributed by atoms with Crippen molar-refractivity contribution in [2.24, 2.45) is 0 Å². The Balaban J connectivity index is 1.96. The van der Waals surface area contributed by atoms with Gasteiger partial charge in [0.15, 0.2) is 5.79 Å². The van der Waals surface area contributed by atoms with E-state index in [4.69, 9.17) is 14.2 Å². The first-order chi connectivity index (χ1) is 13.2. The van der Waals surface area contributed by atoms with Gasteiger partial charge >= 0.3 is 11.7 Å². The summed E-state index contributed by atoms with van der Waals surface area (Å²) < 4.78 is 16.2. The van der Waals surface area contributed by atoms with E-state index < -0.39 is 41.1 Å². The summed E-state index contributed by atoms with van der Waals surface area (Å²) in [6, 6.07) is 8.20. The number of likely N-dealkylation sites (tertiary alicyclic amines) is 1. The molecule has 28 heavy (non-hydrogen) atoms. The molecule has 3 rings (SSSR count). The maximum Gasteiger partial charge on any atom is 0.420 e. The summed E-state index contributed by atoms with van der Waals surface area (Å²) in [6.07, 6.45) is -0.729. The minimum Gasteiger partial charge on any atom is -0.457 e. The van der Waals surface area contributed by atoms with Crippen LogP contribution in [0.25, 0.3) is 5.53 Å². The second-order valence-corrected chi connectivity index (χ2v) is 7.17. The fourth-order valence-electron chi connectivity index (χ4n) is 3.64. The van der Waals surface area contributed by atoms with Gasteiger partial charge in [-0.25, -0.2) is 4.79 Å². The summed E-state index contributed by atoms with van der Waals surface area (Å²) >= 11 is 0. The number of hydrogen-bond donors (Lipinski definition) is 1. The van der Waals surface area contributed by atoms with Crippen molar-refractivity contribution >= 4 is 17.6 Å². The normalized spacial score (nSPS) is 28.4. The van der Waals surface area contributed by atoms with Gasteiger partial charge in [-0.1, -0.05) is 30.3 Å². The number of esters is 1. The van der Waals surface area contributed by atoms with E-state index in [1.165, 1.54) is 4.90 Å². The molecule has 2 fully saturated rings. The Labute approximate surface area is 162 Å². The van der Waals surface area contributed by atoms with E-state index in [1.807, 2.05) is 30.3 Å². The minimum atomic E-state index is -2.37. The molecular weight excluding hydrogens is 366 g/mol. The number of aliphatic hydroxyl groups is 1. The molecule has 3 atom stereocenters. The molecule has 2 saturated heterocycles. The Morgan fingerprint density at radius 2 is 2.07 bits per heavy atom. The monoisotopic (exact) mass is 389 g/mol. The fourth-order valence-corrected chi connectivity index (χ4v) is 3.64. The van der Waals surface area contributed by atoms with Crippen molar-refractivity contribution in [3.05, 3.63) is 41.4 Å². The fraction of sp³-hybridized carbons (Fsp3) is 0.526. The highest BCUT2D eigenvalue weighted by Crippen LogP contribution is 2.40. The molecule has 1 aromatic carbocycles. The molecule has 1 N–H and O–H groups in total. The highest BCUT2D eigenvalue weighted by atomic mass is 16.7. The summed E-state index contributed by atoms with van der Waals surface area (Å²) in [4.78, 5) is 29.4. The number of ether oxygens (including phenoxy) is 3. The first-order valence-corrected chi connectivity index (χ1v) is 9.03. The van der Waals surface area contributed by atoms with E-state index in [1.54, 1.807) is 20.8 Å². The number of benzene rings is 1. The standard InChI is InChI=1S/C19H23N3O6/c1-4-26-16(23)14(21-20)19(25)15(13-11-27-18(2,3)28-13)22(17(19)24)10-12-8-6-5-7-9-12/h5-9,13,15,25H,4,10-11H2,1-3H3/t13?,15-,19+/m0/s1. The summed E-state index contributed by atoms with van der Waals surface area (Å²) in [7, 11) is 0. The van der Waals surface area contributed by atoms with Crippen molar-refractivity contribution in [2.75, 3.05) is 13.2 Å². The average Bonchev–Trinajstić information content (AvgIpc) is 3.01. The molecule has 2 heterocycles.